The average molecular weight is 356 g/mol. The maximum Gasteiger partial charge on any atom is 0.308 e. The van der Waals surface area contributed by atoms with Crippen molar-refractivity contribution in [2.45, 2.75) is 25.2 Å². The number of ether oxygens (including phenoxy) is 1. The van der Waals surface area contributed by atoms with E-state index in [0.29, 0.717) is 5.56 Å². The maximum absolute atomic E-state index is 12.1. The van der Waals surface area contributed by atoms with Crippen LogP contribution >= 0.6 is 0 Å². The second-order valence-electron chi connectivity index (χ2n) is 5.63. The van der Waals surface area contributed by atoms with E-state index in [4.69, 9.17) is 10.5 Å². The van der Waals surface area contributed by atoms with Crippen LogP contribution in [0.2, 0.25) is 0 Å². The largest absolute Gasteiger partial charge is 0.461 e. The number of hydrogen-bond acceptors (Lipinski definition) is 5. The molecule has 0 saturated heterocycles. The van der Waals surface area contributed by atoms with Gasteiger partial charge in [0.1, 0.15) is 12.6 Å². The molecule has 2 amide bonds. The highest BCUT2D eigenvalue weighted by Gasteiger charge is 2.26. The van der Waals surface area contributed by atoms with Crippen LogP contribution in [-0.2, 0) is 25.7 Å². The molecule has 0 aliphatic carbocycles. The molecule has 0 aromatic heterocycles. The van der Waals surface area contributed by atoms with Crippen LogP contribution in [-0.4, -0.2) is 28.9 Å². The van der Waals surface area contributed by atoms with Crippen molar-refractivity contribution in [1.29, 1.82) is 0 Å². The van der Waals surface area contributed by atoms with Gasteiger partial charge in [-0.1, -0.05) is 60.7 Å². The lowest BCUT2D eigenvalue weighted by molar-refractivity contribution is -0.147. The van der Waals surface area contributed by atoms with Gasteiger partial charge in [-0.2, -0.15) is 0 Å². The fourth-order valence-corrected chi connectivity index (χ4v) is 2.22. The number of primary amides is 1. The third-order valence-corrected chi connectivity index (χ3v) is 3.64. The number of nitrogens with one attached hydrogen (secondary N) is 1. The molecule has 2 atom stereocenters. The lowest BCUT2D eigenvalue weighted by atomic mass is 10.1. The van der Waals surface area contributed by atoms with Crippen LogP contribution in [0.3, 0.4) is 0 Å². The maximum atomic E-state index is 12.1. The summed E-state index contributed by atoms with van der Waals surface area (Å²) in [5, 5.41) is 12.3. The van der Waals surface area contributed by atoms with E-state index < -0.39 is 36.4 Å². The van der Waals surface area contributed by atoms with Gasteiger partial charge >= 0.3 is 5.97 Å². The first-order valence-corrected chi connectivity index (χ1v) is 7.99. The van der Waals surface area contributed by atoms with E-state index in [1.54, 1.807) is 54.6 Å². The molecule has 136 valence electrons. The summed E-state index contributed by atoms with van der Waals surface area (Å²) in [7, 11) is 0. The fourth-order valence-electron chi connectivity index (χ4n) is 2.22. The third-order valence-electron chi connectivity index (χ3n) is 3.64. The number of carbonyl (C=O) groups is 3. The minimum absolute atomic E-state index is 0.0474. The predicted octanol–water partition coefficient (Wildman–Crippen LogP) is 0.824. The van der Waals surface area contributed by atoms with E-state index in [9.17, 15) is 19.5 Å². The minimum Gasteiger partial charge on any atom is -0.461 e. The second kappa shape index (κ2) is 9.33. The Morgan fingerprint density at radius 3 is 2.15 bits per heavy atom. The van der Waals surface area contributed by atoms with E-state index in [1.165, 1.54) is 0 Å². The van der Waals surface area contributed by atoms with Gasteiger partial charge in [-0.3, -0.25) is 14.4 Å². The molecular weight excluding hydrogens is 336 g/mol. The highest BCUT2D eigenvalue weighted by molar-refractivity contribution is 5.91. The number of aliphatic hydroxyl groups excluding tert-OH is 1. The van der Waals surface area contributed by atoms with Crippen molar-refractivity contribution in [1.82, 2.24) is 5.32 Å². The summed E-state index contributed by atoms with van der Waals surface area (Å²) in [5.41, 5.74) is 6.39. The summed E-state index contributed by atoms with van der Waals surface area (Å²) in [5.74, 6) is -2.40. The number of hydrogen-bond donors (Lipinski definition) is 3. The Hall–Kier alpha value is -3.19. The summed E-state index contributed by atoms with van der Waals surface area (Å²) in [4.78, 5) is 35.5. The molecule has 26 heavy (non-hydrogen) atoms. The molecule has 0 aliphatic rings. The normalized spacial score (nSPS) is 12.7. The quantitative estimate of drug-likeness (QED) is 0.605. The molecule has 0 heterocycles. The molecule has 0 saturated carbocycles. The molecule has 0 unspecified atom stereocenters. The smallest absolute Gasteiger partial charge is 0.308 e. The zero-order valence-electron chi connectivity index (χ0n) is 14.0. The van der Waals surface area contributed by atoms with E-state index >= 15 is 0 Å². The van der Waals surface area contributed by atoms with E-state index in [0.717, 1.165) is 5.56 Å². The van der Waals surface area contributed by atoms with Crippen molar-refractivity contribution >= 4 is 17.8 Å². The highest BCUT2D eigenvalue weighted by atomic mass is 16.5. The molecule has 0 bridgehead atoms. The van der Waals surface area contributed by atoms with Gasteiger partial charge in [-0.15, -0.1) is 0 Å². The number of carbonyl (C=O) groups excluding carboxylic acids is 3. The number of nitrogens with two attached hydrogens (primary N) is 1. The number of amides is 2. The number of aliphatic hydroxyl groups is 1. The Morgan fingerprint density at radius 2 is 1.58 bits per heavy atom. The number of benzene rings is 2. The van der Waals surface area contributed by atoms with Gasteiger partial charge < -0.3 is 20.9 Å². The lowest BCUT2D eigenvalue weighted by Crippen LogP contribution is -2.47. The van der Waals surface area contributed by atoms with Crippen LogP contribution in [0.5, 0.6) is 0 Å². The predicted molar refractivity (Wildman–Crippen MR) is 93.4 cm³/mol. The zero-order chi connectivity index (χ0) is 18.9. The topological polar surface area (TPSA) is 119 Å². The second-order valence-corrected chi connectivity index (χ2v) is 5.63. The first kappa shape index (κ1) is 19.1. The fraction of sp³-hybridized carbons (Fsp3) is 0.211. The van der Waals surface area contributed by atoms with Crippen LogP contribution in [0, 0.1) is 0 Å². The van der Waals surface area contributed by atoms with Gasteiger partial charge in [0, 0.05) is 0 Å². The standard InChI is InChI=1S/C19H20N2O5/c20-18(24)15(11-16(22)26-12-13-7-3-1-4-8-13)21-19(25)17(23)14-9-5-2-6-10-14/h1-10,15,17,23H,11-12H2,(H2,20,24)(H,21,25)/t15-,17-/m0/s1. The number of rotatable bonds is 8. The third kappa shape index (κ3) is 5.71. The van der Waals surface area contributed by atoms with Crippen molar-refractivity contribution in [3.05, 3.63) is 71.8 Å². The molecule has 2 rings (SSSR count). The minimum atomic E-state index is -1.47. The first-order chi connectivity index (χ1) is 12.5. The van der Waals surface area contributed by atoms with Crippen molar-refractivity contribution in [2.75, 3.05) is 0 Å². The van der Waals surface area contributed by atoms with E-state index in [1.807, 2.05) is 6.07 Å². The van der Waals surface area contributed by atoms with Crippen LogP contribution in [0.25, 0.3) is 0 Å². The van der Waals surface area contributed by atoms with Gasteiger partial charge in [-0.25, -0.2) is 0 Å². The zero-order valence-corrected chi connectivity index (χ0v) is 14.0. The molecule has 0 aliphatic heterocycles. The van der Waals surface area contributed by atoms with Crippen molar-refractivity contribution in [2.24, 2.45) is 5.73 Å². The van der Waals surface area contributed by atoms with Gasteiger partial charge in [-0.05, 0) is 11.1 Å². The van der Waals surface area contributed by atoms with Crippen LogP contribution in [0.15, 0.2) is 60.7 Å². The molecule has 7 nitrogen and oxygen atoms in total. The van der Waals surface area contributed by atoms with Gasteiger partial charge in [0.2, 0.25) is 5.91 Å². The molecule has 0 spiro atoms. The SMILES string of the molecule is NC(=O)[C@H](CC(=O)OCc1ccccc1)NC(=O)[C@@H](O)c1ccccc1. The molecule has 0 fully saturated rings. The van der Waals surface area contributed by atoms with E-state index in [2.05, 4.69) is 5.32 Å². The summed E-state index contributed by atoms with van der Waals surface area (Å²) in [6, 6.07) is 16.0. The monoisotopic (exact) mass is 356 g/mol. The first-order valence-electron chi connectivity index (χ1n) is 7.99. The van der Waals surface area contributed by atoms with Gasteiger partial charge in [0.25, 0.3) is 5.91 Å². The highest BCUT2D eigenvalue weighted by Crippen LogP contribution is 2.12. The number of esters is 1. The Kier molecular flexibility index (Phi) is 6.87. The Balaban J connectivity index is 1.90. The molecule has 7 heteroatoms. The molecule has 2 aromatic carbocycles. The summed E-state index contributed by atoms with van der Waals surface area (Å²) in [6.07, 6.45) is -1.89. The van der Waals surface area contributed by atoms with Crippen molar-refractivity contribution in [3.8, 4) is 0 Å². The van der Waals surface area contributed by atoms with Crippen LogP contribution < -0.4 is 11.1 Å². The van der Waals surface area contributed by atoms with E-state index in [-0.39, 0.29) is 6.61 Å². The van der Waals surface area contributed by atoms with Crippen LogP contribution in [0.4, 0.5) is 0 Å². The Labute approximate surface area is 150 Å². The molecular formula is C19H20N2O5. The average Bonchev–Trinajstić information content (AvgIpc) is 2.66. The van der Waals surface area contributed by atoms with Gasteiger partial charge in [0.15, 0.2) is 6.10 Å². The molecule has 4 N–H and O–H groups in total. The molecule has 2 aromatic rings. The Bertz CT molecular complexity index is 749. The summed E-state index contributed by atoms with van der Waals surface area (Å²) < 4.78 is 5.07. The Morgan fingerprint density at radius 1 is 1.00 bits per heavy atom. The molecule has 0 radical (unpaired) electrons. The summed E-state index contributed by atoms with van der Waals surface area (Å²) in [6.45, 7) is 0.0474. The summed E-state index contributed by atoms with van der Waals surface area (Å²) >= 11 is 0. The van der Waals surface area contributed by atoms with Crippen molar-refractivity contribution < 1.29 is 24.2 Å². The van der Waals surface area contributed by atoms with Crippen LogP contribution in [0.1, 0.15) is 23.7 Å². The van der Waals surface area contributed by atoms with Crippen molar-refractivity contribution in [3.63, 3.8) is 0 Å². The van der Waals surface area contributed by atoms with Gasteiger partial charge in [0.05, 0.1) is 6.42 Å². The lowest BCUT2D eigenvalue weighted by Gasteiger charge is -2.17.